The van der Waals surface area contributed by atoms with E-state index in [2.05, 4.69) is 5.32 Å². The number of halogens is 1. The number of rotatable bonds is 15. The van der Waals surface area contributed by atoms with Gasteiger partial charge in [-0.25, -0.2) is 13.8 Å². The molecule has 3 amide bonds. The number of imide groups is 1. The lowest BCUT2D eigenvalue weighted by atomic mass is 10.1. The first kappa shape index (κ1) is 31.5. The van der Waals surface area contributed by atoms with Crippen LogP contribution in [0.25, 0.3) is 0 Å². The van der Waals surface area contributed by atoms with Crippen LogP contribution in [0.5, 0.6) is 11.5 Å². The number of Topliss-reactive ketones (excluding diaryl/α,β-unsaturated/α-hetero) is 1. The van der Waals surface area contributed by atoms with Gasteiger partial charge in [-0.1, -0.05) is 31.2 Å². The Bertz CT molecular complexity index is 1320. The lowest BCUT2D eigenvalue weighted by Crippen LogP contribution is -2.32. The smallest absolute Gasteiger partial charge is 0.416 e. The van der Waals surface area contributed by atoms with Gasteiger partial charge >= 0.3 is 13.6 Å². The monoisotopic (exact) mass is 590 g/mol. The molecule has 2 atom stereocenters. The Balaban J connectivity index is 1.40. The van der Waals surface area contributed by atoms with Crippen molar-refractivity contribution in [1.29, 1.82) is 0 Å². The number of hydrogen-bond acceptors (Lipinski definition) is 9. The maximum atomic E-state index is 14.7. The van der Waals surface area contributed by atoms with E-state index < -0.39 is 43.9 Å². The van der Waals surface area contributed by atoms with Gasteiger partial charge < -0.3 is 19.2 Å². The van der Waals surface area contributed by atoms with E-state index in [0.717, 1.165) is 0 Å². The van der Waals surface area contributed by atoms with Crippen LogP contribution < -0.4 is 14.4 Å². The molecule has 0 saturated carbocycles. The molecule has 1 aliphatic rings. The van der Waals surface area contributed by atoms with Gasteiger partial charge in [-0.15, -0.1) is 5.06 Å². The lowest BCUT2D eigenvalue weighted by Gasteiger charge is -2.19. The highest BCUT2D eigenvalue weighted by Crippen LogP contribution is 2.48. The van der Waals surface area contributed by atoms with Crippen molar-refractivity contribution in [2.45, 2.75) is 58.5 Å². The summed E-state index contributed by atoms with van der Waals surface area (Å²) in [4.78, 5) is 63.2. The molecular weight excluding hydrogens is 558 g/mol. The third kappa shape index (κ3) is 9.53. The molecule has 3 rings (SSSR count). The van der Waals surface area contributed by atoms with Crippen LogP contribution in [0.3, 0.4) is 0 Å². The van der Waals surface area contributed by atoms with Crippen molar-refractivity contribution in [1.82, 2.24) is 10.4 Å². The van der Waals surface area contributed by atoms with Crippen LogP contribution in [0.15, 0.2) is 48.5 Å². The van der Waals surface area contributed by atoms with Crippen LogP contribution in [-0.4, -0.2) is 47.2 Å². The number of carbonyl (C=O) groups excluding carboxylic acids is 5. The van der Waals surface area contributed by atoms with Crippen LogP contribution in [-0.2, 0) is 28.6 Å². The summed E-state index contributed by atoms with van der Waals surface area (Å²) in [5, 5.41) is 3.06. The van der Waals surface area contributed by atoms with Gasteiger partial charge in [-0.2, -0.15) is 0 Å². The number of benzene rings is 2. The molecule has 2 aromatic carbocycles. The van der Waals surface area contributed by atoms with E-state index in [4.69, 9.17) is 13.9 Å². The van der Waals surface area contributed by atoms with Gasteiger partial charge in [0.05, 0.1) is 12.6 Å². The molecule has 1 heterocycles. The fourth-order valence-corrected chi connectivity index (χ4v) is 4.93. The Labute approximate surface area is 236 Å². The van der Waals surface area contributed by atoms with Crippen molar-refractivity contribution in [3.05, 3.63) is 59.7 Å². The van der Waals surface area contributed by atoms with Crippen LogP contribution >= 0.6 is 7.60 Å². The first-order chi connectivity index (χ1) is 19.5. The summed E-state index contributed by atoms with van der Waals surface area (Å²) in [6.45, 7) is 3.24. The van der Waals surface area contributed by atoms with Crippen LogP contribution in [0.1, 0.15) is 74.5 Å². The molecule has 220 valence electrons. The van der Waals surface area contributed by atoms with Crippen molar-refractivity contribution < 1.29 is 46.8 Å². The Morgan fingerprint density at radius 3 is 2.29 bits per heavy atom. The predicted molar refractivity (Wildman–Crippen MR) is 145 cm³/mol. The van der Waals surface area contributed by atoms with E-state index in [1.807, 2.05) is 0 Å². The first-order valence-corrected chi connectivity index (χ1v) is 14.9. The van der Waals surface area contributed by atoms with E-state index in [1.165, 1.54) is 37.3 Å². The zero-order valence-electron chi connectivity index (χ0n) is 22.8. The maximum absolute atomic E-state index is 14.7. The van der Waals surface area contributed by atoms with Gasteiger partial charge in [0.1, 0.15) is 17.7 Å². The number of nitrogens with zero attached hydrogens (tertiary/aromatic N) is 1. The zero-order chi connectivity index (χ0) is 30.0. The highest BCUT2D eigenvalue weighted by atomic mass is 31.2. The van der Waals surface area contributed by atoms with Crippen molar-refractivity contribution in [3.8, 4) is 11.5 Å². The summed E-state index contributed by atoms with van der Waals surface area (Å²) >= 11 is 0. The number of ketones is 1. The Morgan fingerprint density at radius 2 is 1.66 bits per heavy atom. The summed E-state index contributed by atoms with van der Waals surface area (Å²) in [6, 6.07) is 12.0. The van der Waals surface area contributed by atoms with Crippen molar-refractivity contribution in [2.24, 2.45) is 0 Å². The molecule has 2 unspecified atom stereocenters. The highest BCUT2D eigenvalue weighted by molar-refractivity contribution is 7.54. The Hall–Kier alpha value is -4.05. The second kappa shape index (κ2) is 14.5. The Kier molecular flexibility index (Phi) is 11.2. The van der Waals surface area contributed by atoms with E-state index in [1.54, 1.807) is 25.1 Å². The van der Waals surface area contributed by atoms with Gasteiger partial charge in [-0.3, -0.25) is 19.2 Å². The maximum Gasteiger partial charge on any atom is 0.430 e. The molecule has 0 aliphatic carbocycles. The molecule has 1 N–H and O–H groups in total. The number of amides is 3. The van der Waals surface area contributed by atoms with Crippen LogP contribution in [0, 0.1) is 0 Å². The molecule has 11 nitrogen and oxygen atoms in total. The number of hydrogen-bond donors (Lipinski definition) is 1. The molecular formula is C28H32FN2O9P. The fourth-order valence-electron chi connectivity index (χ4n) is 3.76. The molecule has 1 saturated heterocycles. The molecule has 2 aromatic rings. The summed E-state index contributed by atoms with van der Waals surface area (Å²) in [6.07, 6.45) is -1.25. The summed E-state index contributed by atoms with van der Waals surface area (Å²) < 4.78 is 39.0. The number of nitrogens with one attached hydrogen (secondary N) is 1. The van der Waals surface area contributed by atoms with E-state index in [9.17, 15) is 32.9 Å². The van der Waals surface area contributed by atoms with Crippen molar-refractivity contribution in [3.63, 3.8) is 0 Å². The second-order valence-corrected chi connectivity index (χ2v) is 11.5. The fraction of sp³-hybridized carbons (Fsp3) is 0.393. The molecule has 0 radical (unpaired) electrons. The third-order valence-corrected chi connectivity index (χ3v) is 7.80. The van der Waals surface area contributed by atoms with Gasteiger partial charge in [0, 0.05) is 31.4 Å². The first-order valence-electron chi connectivity index (χ1n) is 13.2. The summed E-state index contributed by atoms with van der Waals surface area (Å²) in [7, 11) is -3.62. The standard InChI is InChI=1S/C28H32FN2O9P/c1-3-41(37,40-23-8-6-7-21(17-23)19(2)32)39-22-12-10-20(11-13-22)24(29)18-25(33)30-16-5-4-9-28(36)38-31-26(34)14-15-27(31)35/h6-8,10-13,17,24H,3-5,9,14-16,18H2,1-2H3,(H,30,33). The minimum Gasteiger partial charge on any atom is -0.416 e. The van der Waals surface area contributed by atoms with E-state index in [-0.39, 0.29) is 54.8 Å². The zero-order valence-corrected chi connectivity index (χ0v) is 23.7. The largest absolute Gasteiger partial charge is 0.430 e. The second-order valence-electron chi connectivity index (χ2n) is 9.29. The molecule has 1 fully saturated rings. The quantitative estimate of drug-likeness (QED) is 0.133. The summed E-state index contributed by atoms with van der Waals surface area (Å²) in [5.41, 5.74) is 0.630. The van der Waals surface area contributed by atoms with Gasteiger partial charge in [0.25, 0.3) is 11.8 Å². The van der Waals surface area contributed by atoms with E-state index in [0.29, 0.717) is 23.5 Å². The van der Waals surface area contributed by atoms with Crippen molar-refractivity contribution >= 4 is 37.1 Å². The SMILES string of the molecule is CCP(=O)(Oc1ccc(C(F)CC(=O)NCCCCC(=O)ON2C(=O)CCC2=O)cc1)Oc1cccc(C(C)=O)c1. The number of hydroxylamine groups is 2. The topological polar surface area (TPSA) is 145 Å². The van der Waals surface area contributed by atoms with Crippen LogP contribution in [0.4, 0.5) is 4.39 Å². The van der Waals surface area contributed by atoms with E-state index >= 15 is 0 Å². The minimum atomic E-state index is -3.62. The van der Waals surface area contributed by atoms with Gasteiger partial charge in [0.2, 0.25) is 5.91 Å². The average molecular weight is 591 g/mol. The Morgan fingerprint density at radius 1 is 1.00 bits per heavy atom. The van der Waals surface area contributed by atoms with Crippen molar-refractivity contribution in [2.75, 3.05) is 12.7 Å². The molecule has 1 aliphatic heterocycles. The number of alkyl halides is 1. The van der Waals surface area contributed by atoms with Gasteiger partial charge in [-0.05, 0) is 49.6 Å². The summed E-state index contributed by atoms with van der Waals surface area (Å²) in [5.74, 6) is -2.10. The molecule has 13 heteroatoms. The molecule has 41 heavy (non-hydrogen) atoms. The third-order valence-electron chi connectivity index (χ3n) is 6.05. The molecule has 0 aromatic heterocycles. The number of unbranched alkanes of at least 4 members (excludes halogenated alkanes) is 1. The van der Waals surface area contributed by atoms with Crippen LogP contribution in [0.2, 0.25) is 0 Å². The predicted octanol–water partition coefficient (Wildman–Crippen LogP) is 4.85. The lowest BCUT2D eigenvalue weighted by molar-refractivity contribution is -0.197. The highest BCUT2D eigenvalue weighted by Gasteiger charge is 2.32. The number of carbonyl (C=O) groups is 5. The average Bonchev–Trinajstić information content (AvgIpc) is 3.25. The normalized spacial score (nSPS) is 15.1. The molecule has 0 spiro atoms. The van der Waals surface area contributed by atoms with Gasteiger partial charge in [0.15, 0.2) is 5.78 Å². The minimum absolute atomic E-state index is 0.0148. The molecule has 0 bridgehead atoms.